The van der Waals surface area contributed by atoms with Gasteiger partial charge < -0.3 is 10.6 Å². The summed E-state index contributed by atoms with van der Waals surface area (Å²) in [4.78, 5) is 0. The summed E-state index contributed by atoms with van der Waals surface area (Å²) < 4.78 is 0. The smallest absolute Gasteiger partial charge is 0.0124 e. The van der Waals surface area contributed by atoms with Crippen LogP contribution in [-0.4, -0.2) is 25.7 Å². The van der Waals surface area contributed by atoms with Gasteiger partial charge in [-0.15, -0.1) is 0 Å². The second kappa shape index (κ2) is 6.94. The van der Waals surface area contributed by atoms with Crippen LogP contribution in [0, 0.1) is 30.6 Å². The topological polar surface area (TPSA) is 24.1 Å². The van der Waals surface area contributed by atoms with Crippen molar-refractivity contribution in [1.29, 1.82) is 0 Å². The second-order valence-electron chi connectivity index (χ2n) is 8.34. The van der Waals surface area contributed by atoms with Gasteiger partial charge in [-0.2, -0.15) is 0 Å². The lowest BCUT2D eigenvalue weighted by Crippen LogP contribution is -2.55. The fourth-order valence-electron chi connectivity index (χ4n) is 5.82. The van der Waals surface area contributed by atoms with Crippen LogP contribution < -0.4 is 10.6 Å². The first-order valence-corrected chi connectivity index (χ1v) is 9.78. The molecule has 0 spiro atoms. The van der Waals surface area contributed by atoms with Crippen LogP contribution in [-0.2, 0) is 6.42 Å². The first-order valence-electron chi connectivity index (χ1n) is 9.78. The van der Waals surface area contributed by atoms with E-state index in [2.05, 4.69) is 41.8 Å². The molecule has 126 valence electrons. The molecule has 2 N–H and O–H groups in total. The fraction of sp³-hybridized carbons (Fsp3) is 0.714. The molecule has 0 amide bonds. The van der Waals surface area contributed by atoms with Gasteiger partial charge in [-0.3, -0.25) is 0 Å². The van der Waals surface area contributed by atoms with E-state index in [0.29, 0.717) is 0 Å². The lowest BCUT2D eigenvalue weighted by Gasteiger charge is -2.54. The average molecular weight is 313 g/mol. The van der Waals surface area contributed by atoms with Gasteiger partial charge in [0.15, 0.2) is 0 Å². The molecule has 1 aromatic carbocycles. The van der Waals surface area contributed by atoms with Gasteiger partial charge in [0.05, 0.1) is 0 Å². The number of hydrogen-bond acceptors (Lipinski definition) is 2. The highest BCUT2D eigenvalue weighted by Gasteiger charge is 2.47. The summed E-state index contributed by atoms with van der Waals surface area (Å²) in [6, 6.07) is 9.57. The lowest BCUT2D eigenvalue weighted by molar-refractivity contribution is -0.0133. The molecule has 0 radical (unpaired) electrons. The van der Waals surface area contributed by atoms with E-state index in [-0.39, 0.29) is 0 Å². The van der Waals surface area contributed by atoms with E-state index in [9.17, 15) is 0 Å². The van der Waals surface area contributed by atoms with Crippen molar-refractivity contribution in [3.8, 4) is 0 Å². The van der Waals surface area contributed by atoms with Gasteiger partial charge in [0.2, 0.25) is 0 Å². The van der Waals surface area contributed by atoms with Gasteiger partial charge in [0, 0.05) is 19.1 Å². The van der Waals surface area contributed by atoms with E-state index >= 15 is 0 Å². The molecule has 0 unspecified atom stereocenters. The van der Waals surface area contributed by atoms with Gasteiger partial charge in [-0.05, 0) is 86.8 Å². The van der Waals surface area contributed by atoms with Gasteiger partial charge >= 0.3 is 0 Å². The molecule has 5 rings (SSSR count). The van der Waals surface area contributed by atoms with Crippen LogP contribution in [0.2, 0.25) is 0 Å². The van der Waals surface area contributed by atoms with Crippen molar-refractivity contribution in [1.82, 2.24) is 10.6 Å². The summed E-state index contributed by atoms with van der Waals surface area (Å²) in [7, 11) is 0. The van der Waals surface area contributed by atoms with Crippen LogP contribution in [0.3, 0.4) is 0 Å². The molecule has 0 heterocycles. The van der Waals surface area contributed by atoms with Crippen LogP contribution in [0.5, 0.6) is 0 Å². The van der Waals surface area contributed by atoms with Crippen LogP contribution in [0.1, 0.15) is 43.2 Å². The number of hydrogen-bond donors (Lipinski definition) is 2. The van der Waals surface area contributed by atoms with E-state index in [1.165, 1.54) is 36.8 Å². The molecule has 1 aromatic rings. The maximum absolute atomic E-state index is 3.91. The quantitative estimate of drug-likeness (QED) is 0.753. The van der Waals surface area contributed by atoms with Gasteiger partial charge in [0.25, 0.3) is 0 Å². The largest absolute Gasteiger partial charge is 0.315 e. The lowest BCUT2D eigenvalue weighted by atomic mass is 9.54. The minimum absolute atomic E-state index is 0.834. The monoisotopic (exact) mass is 312 g/mol. The van der Waals surface area contributed by atoms with Crippen LogP contribution in [0.4, 0.5) is 0 Å². The highest BCUT2D eigenvalue weighted by Crippen LogP contribution is 2.53. The summed E-state index contributed by atoms with van der Waals surface area (Å²) in [6.45, 7) is 5.55. The van der Waals surface area contributed by atoms with Crippen LogP contribution >= 0.6 is 0 Å². The van der Waals surface area contributed by atoms with Gasteiger partial charge in [-0.1, -0.05) is 24.3 Å². The molecule has 4 saturated carbocycles. The Hall–Kier alpha value is -0.860. The Kier molecular flexibility index (Phi) is 4.73. The maximum Gasteiger partial charge on any atom is 0.0124 e. The van der Waals surface area contributed by atoms with Crippen LogP contribution in [0.25, 0.3) is 0 Å². The Morgan fingerprint density at radius 2 is 1.57 bits per heavy atom. The summed E-state index contributed by atoms with van der Waals surface area (Å²) in [5.41, 5.74) is 2.90. The molecule has 4 aliphatic rings. The van der Waals surface area contributed by atoms with E-state index in [0.717, 1.165) is 55.8 Å². The zero-order chi connectivity index (χ0) is 15.6. The molecular formula is C21H32N2. The van der Waals surface area contributed by atoms with Crippen molar-refractivity contribution < 1.29 is 0 Å². The predicted molar refractivity (Wildman–Crippen MR) is 96.6 cm³/mol. The normalized spacial score (nSPS) is 34.9. The summed E-state index contributed by atoms with van der Waals surface area (Å²) in [5.74, 6) is 4.17. The number of aryl methyl sites for hydroxylation is 1. The molecule has 4 bridgehead atoms. The highest BCUT2D eigenvalue weighted by molar-refractivity contribution is 5.25. The van der Waals surface area contributed by atoms with E-state index in [1.807, 2.05) is 0 Å². The third kappa shape index (κ3) is 3.49. The minimum Gasteiger partial charge on any atom is -0.315 e. The van der Waals surface area contributed by atoms with Crippen molar-refractivity contribution in [2.24, 2.45) is 23.7 Å². The van der Waals surface area contributed by atoms with Crippen molar-refractivity contribution in [2.45, 2.75) is 51.5 Å². The minimum atomic E-state index is 0.834. The fourth-order valence-corrected chi connectivity index (χ4v) is 5.82. The molecule has 2 heteroatoms. The Labute approximate surface area is 141 Å². The predicted octanol–water partition coefficient (Wildman–Crippen LogP) is 3.54. The Morgan fingerprint density at radius 3 is 2.26 bits per heavy atom. The third-order valence-corrected chi connectivity index (χ3v) is 6.74. The molecule has 2 nitrogen and oxygen atoms in total. The van der Waals surface area contributed by atoms with Gasteiger partial charge in [0.1, 0.15) is 0 Å². The number of nitrogens with one attached hydrogen (secondary N) is 2. The maximum atomic E-state index is 3.91. The molecule has 4 fully saturated rings. The van der Waals surface area contributed by atoms with Crippen molar-refractivity contribution in [2.75, 3.05) is 19.6 Å². The second-order valence-corrected chi connectivity index (χ2v) is 8.34. The standard InChI is InChI=1S/C21H32N2/c1-15-4-2-3-5-18(15)6-7-22-8-9-23-21-19-11-16-10-17(13-19)14-20(21)12-16/h2-5,16-17,19-23H,6-14H2,1H3. The molecule has 4 aliphatic carbocycles. The number of benzene rings is 1. The molecule has 0 aliphatic heterocycles. The molecular weight excluding hydrogens is 280 g/mol. The summed E-state index contributed by atoms with van der Waals surface area (Å²) in [6.07, 6.45) is 8.78. The summed E-state index contributed by atoms with van der Waals surface area (Å²) >= 11 is 0. The van der Waals surface area contributed by atoms with Crippen LogP contribution in [0.15, 0.2) is 24.3 Å². The van der Waals surface area contributed by atoms with Gasteiger partial charge in [-0.25, -0.2) is 0 Å². The molecule has 23 heavy (non-hydrogen) atoms. The zero-order valence-electron chi connectivity index (χ0n) is 14.6. The Morgan fingerprint density at radius 1 is 0.870 bits per heavy atom. The van der Waals surface area contributed by atoms with Crippen molar-refractivity contribution in [3.63, 3.8) is 0 Å². The molecule has 0 atom stereocenters. The number of rotatable bonds is 7. The van der Waals surface area contributed by atoms with E-state index < -0.39 is 0 Å². The first kappa shape index (κ1) is 15.7. The summed E-state index contributed by atoms with van der Waals surface area (Å²) in [5, 5.41) is 7.53. The van der Waals surface area contributed by atoms with E-state index in [4.69, 9.17) is 0 Å². The van der Waals surface area contributed by atoms with Crippen molar-refractivity contribution >= 4 is 0 Å². The SMILES string of the molecule is Cc1ccccc1CCNCCNC1C2CC3CC(C2)CC1C3. The molecule has 0 saturated heterocycles. The molecule has 0 aromatic heterocycles. The Balaban J connectivity index is 1.15. The van der Waals surface area contributed by atoms with Crippen molar-refractivity contribution in [3.05, 3.63) is 35.4 Å². The highest BCUT2D eigenvalue weighted by atomic mass is 15.0. The van der Waals surface area contributed by atoms with E-state index in [1.54, 1.807) is 6.42 Å². The third-order valence-electron chi connectivity index (χ3n) is 6.74. The zero-order valence-corrected chi connectivity index (χ0v) is 14.6. The average Bonchev–Trinajstić information content (AvgIpc) is 2.54. The Bertz CT molecular complexity index is 496. The first-order chi connectivity index (χ1) is 11.3.